The van der Waals surface area contributed by atoms with Gasteiger partial charge in [-0.25, -0.2) is 4.98 Å². The van der Waals surface area contributed by atoms with Crippen molar-refractivity contribution in [3.05, 3.63) is 90.0 Å². The average molecular weight is 485 g/mol. The van der Waals surface area contributed by atoms with E-state index in [4.69, 9.17) is 0 Å². The zero-order valence-corrected chi connectivity index (χ0v) is 19.9. The second-order valence-corrected chi connectivity index (χ2v) is 9.66. The highest BCUT2D eigenvalue weighted by Crippen LogP contribution is 2.26. The number of para-hydroxylation sites is 2. The Labute approximate surface area is 208 Å². The van der Waals surface area contributed by atoms with Crippen LogP contribution < -0.4 is 5.43 Å². The minimum absolute atomic E-state index is 0.0368. The second kappa shape index (κ2) is 8.83. The lowest BCUT2D eigenvalue weighted by atomic mass is 9.90. The van der Waals surface area contributed by atoms with Crippen LogP contribution in [0.25, 0.3) is 11.0 Å². The van der Waals surface area contributed by atoms with E-state index in [1.165, 1.54) is 0 Å². The summed E-state index contributed by atoms with van der Waals surface area (Å²) in [7, 11) is 0. The van der Waals surface area contributed by atoms with Crippen LogP contribution in [0.5, 0.6) is 0 Å². The molecule has 184 valence electrons. The average Bonchev–Trinajstić information content (AvgIpc) is 3.54. The number of nitrogens with one attached hydrogen (secondary N) is 1. The molecule has 2 aliphatic heterocycles. The van der Waals surface area contributed by atoms with Gasteiger partial charge in [0.05, 0.1) is 29.5 Å². The minimum atomic E-state index is -1.01. The number of amides is 2. The Balaban J connectivity index is 1.06. The highest BCUT2D eigenvalue weighted by Gasteiger charge is 2.38. The van der Waals surface area contributed by atoms with Gasteiger partial charge in [0.1, 0.15) is 12.4 Å². The molecule has 9 nitrogen and oxygen atoms in total. The number of nitrogens with zero attached hydrogens (tertiary/aromatic N) is 5. The normalized spacial score (nSPS) is 17.2. The fourth-order valence-electron chi connectivity index (χ4n) is 5.12. The first-order chi connectivity index (χ1) is 17.5. The number of carbonyl (C=O) groups is 2. The summed E-state index contributed by atoms with van der Waals surface area (Å²) in [5.41, 5.74) is 6.46. The summed E-state index contributed by atoms with van der Waals surface area (Å²) in [6.07, 6.45) is 4.49. The Kier molecular flexibility index (Phi) is 5.49. The van der Waals surface area contributed by atoms with E-state index in [2.05, 4.69) is 15.0 Å². The van der Waals surface area contributed by atoms with Crippen LogP contribution in [-0.4, -0.2) is 72.9 Å². The first-order valence-corrected chi connectivity index (χ1v) is 12.2. The number of hydrogen-bond donors (Lipinski definition) is 2. The Bertz CT molecular complexity index is 1410. The largest absolute Gasteiger partial charge is 0.388 e. The lowest BCUT2D eigenvalue weighted by Gasteiger charge is -2.42. The lowest BCUT2D eigenvalue weighted by Crippen LogP contribution is -2.56. The molecular formula is C27H28N6O3. The van der Waals surface area contributed by atoms with Gasteiger partial charge in [-0.05, 0) is 54.8 Å². The molecule has 4 aromatic rings. The molecule has 36 heavy (non-hydrogen) atoms. The van der Waals surface area contributed by atoms with Crippen LogP contribution in [0, 0.1) is 0 Å². The fraction of sp³-hybridized carbons (Fsp3) is 0.296. The number of piperidine rings is 1. The number of carbonyl (C=O) groups excluding carboxylic acids is 2. The molecule has 0 spiro atoms. The molecule has 1 fully saturated rings. The lowest BCUT2D eigenvalue weighted by molar-refractivity contribution is -0.0369. The van der Waals surface area contributed by atoms with Gasteiger partial charge in [0.25, 0.3) is 11.8 Å². The van der Waals surface area contributed by atoms with E-state index in [-0.39, 0.29) is 18.4 Å². The molecule has 2 aromatic heterocycles. The number of benzene rings is 2. The van der Waals surface area contributed by atoms with Crippen molar-refractivity contribution in [3.8, 4) is 0 Å². The SMILES string of the molecule is O=C(c1ccc(Cn2cnc3ccccc32)cc1)N1CCC(O)(CN2CNn3cccc3C2=O)CC1. The number of fused-ring (bicyclic) bond motifs is 2. The van der Waals surface area contributed by atoms with Crippen LogP contribution in [0.1, 0.15) is 39.3 Å². The molecule has 0 bridgehead atoms. The van der Waals surface area contributed by atoms with Crippen LogP contribution >= 0.6 is 0 Å². The summed E-state index contributed by atoms with van der Waals surface area (Å²) in [6.45, 7) is 2.16. The summed E-state index contributed by atoms with van der Waals surface area (Å²) < 4.78 is 3.80. The number of likely N-dealkylation sites (tertiary alicyclic amines) is 1. The van der Waals surface area contributed by atoms with Crippen molar-refractivity contribution in [2.75, 3.05) is 31.7 Å². The maximum atomic E-state index is 13.1. The topological polar surface area (TPSA) is 95.6 Å². The van der Waals surface area contributed by atoms with Crippen molar-refractivity contribution in [1.29, 1.82) is 0 Å². The van der Waals surface area contributed by atoms with Crippen molar-refractivity contribution < 1.29 is 14.7 Å². The van der Waals surface area contributed by atoms with Crippen molar-refractivity contribution in [1.82, 2.24) is 24.0 Å². The summed E-state index contributed by atoms with van der Waals surface area (Å²) in [6, 6.07) is 19.3. The highest BCUT2D eigenvalue weighted by molar-refractivity contribution is 5.94. The molecule has 9 heteroatoms. The van der Waals surface area contributed by atoms with Gasteiger partial charge in [-0.15, -0.1) is 0 Å². The van der Waals surface area contributed by atoms with E-state index in [1.807, 2.05) is 60.9 Å². The van der Waals surface area contributed by atoms with Gasteiger partial charge in [-0.1, -0.05) is 24.3 Å². The van der Waals surface area contributed by atoms with Gasteiger partial charge in [-0.2, -0.15) is 0 Å². The van der Waals surface area contributed by atoms with E-state index in [0.717, 1.165) is 16.6 Å². The molecule has 4 heterocycles. The molecular weight excluding hydrogens is 456 g/mol. The van der Waals surface area contributed by atoms with Crippen LogP contribution in [0.15, 0.2) is 73.2 Å². The molecule has 2 amide bonds. The third kappa shape index (κ3) is 4.11. The van der Waals surface area contributed by atoms with Crippen molar-refractivity contribution in [2.45, 2.75) is 25.0 Å². The Morgan fingerprint density at radius 3 is 2.61 bits per heavy atom. The van der Waals surface area contributed by atoms with E-state index >= 15 is 0 Å². The molecule has 2 aromatic carbocycles. The summed E-state index contributed by atoms with van der Waals surface area (Å²) in [5, 5.41) is 11.2. The molecule has 2 aliphatic rings. The third-order valence-corrected chi connectivity index (χ3v) is 7.23. The maximum Gasteiger partial charge on any atom is 0.273 e. The van der Waals surface area contributed by atoms with E-state index in [1.54, 1.807) is 26.7 Å². The summed E-state index contributed by atoms with van der Waals surface area (Å²) in [5.74, 6) is -0.139. The number of aromatic nitrogens is 3. The van der Waals surface area contributed by atoms with Crippen LogP contribution in [-0.2, 0) is 6.54 Å². The molecule has 0 saturated carbocycles. The number of hydrogen-bond acceptors (Lipinski definition) is 5. The minimum Gasteiger partial charge on any atom is -0.388 e. The van der Waals surface area contributed by atoms with Crippen molar-refractivity contribution in [3.63, 3.8) is 0 Å². The molecule has 0 aliphatic carbocycles. The predicted octanol–water partition coefficient (Wildman–Crippen LogP) is 2.51. The van der Waals surface area contributed by atoms with Gasteiger partial charge >= 0.3 is 0 Å². The summed E-state index contributed by atoms with van der Waals surface area (Å²) in [4.78, 5) is 33.7. The van der Waals surface area contributed by atoms with E-state index in [9.17, 15) is 14.7 Å². The monoisotopic (exact) mass is 484 g/mol. The number of β-amino-alcohol motifs (C(OH)–C–C–N with tert-alkyl or cyclic N) is 1. The number of rotatable bonds is 5. The molecule has 6 rings (SSSR count). The zero-order valence-electron chi connectivity index (χ0n) is 19.9. The van der Waals surface area contributed by atoms with Crippen molar-refractivity contribution >= 4 is 22.8 Å². The molecule has 1 saturated heterocycles. The predicted molar refractivity (Wildman–Crippen MR) is 135 cm³/mol. The number of aliphatic hydroxyl groups is 1. The van der Waals surface area contributed by atoms with Gasteiger partial charge < -0.3 is 24.9 Å². The molecule has 0 atom stereocenters. The quantitative estimate of drug-likeness (QED) is 0.454. The molecule has 2 N–H and O–H groups in total. The Hall–Kier alpha value is -4.11. The smallest absolute Gasteiger partial charge is 0.273 e. The third-order valence-electron chi connectivity index (χ3n) is 7.23. The Morgan fingerprint density at radius 2 is 1.81 bits per heavy atom. The first-order valence-electron chi connectivity index (χ1n) is 12.2. The van der Waals surface area contributed by atoms with Gasteiger partial charge in [0, 0.05) is 31.4 Å². The van der Waals surface area contributed by atoms with Crippen molar-refractivity contribution in [2.24, 2.45) is 0 Å². The van der Waals surface area contributed by atoms with E-state index in [0.29, 0.717) is 50.4 Å². The molecule has 0 unspecified atom stereocenters. The first kappa shape index (κ1) is 22.4. The van der Waals surface area contributed by atoms with Crippen LogP contribution in [0.2, 0.25) is 0 Å². The van der Waals surface area contributed by atoms with E-state index < -0.39 is 5.60 Å². The second-order valence-electron chi connectivity index (χ2n) is 9.66. The molecule has 0 radical (unpaired) electrons. The van der Waals surface area contributed by atoms with Crippen LogP contribution in [0.3, 0.4) is 0 Å². The summed E-state index contributed by atoms with van der Waals surface area (Å²) >= 11 is 0. The number of imidazole rings is 1. The maximum absolute atomic E-state index is 13.1. The van der Waals surface area contributed by atoms with Gasteiger partial charge in [-0.3, -0.25) is 14.3 Å². The van der Waals surface area contributed by atoms with Gasteiger partial charge in [0.15, 0.2) is 0 Å². The van der Waals surface area contributed by atoms with Crippen LogP contribution in [0.4, 0.5) is 0 Å². The zero-order chi connectivity index (χ0) is 24.7. The standard InChI is InChI=1S/C27H28N6O3/c34-25(21-9-7-20(8-10-21)16-31-18-28-22-4-1-2-5-23(22)31)30-14-11-27(36,12-15-30)17-32-19-29-33-13-3-6-24(33)26(32)35/h1-10,13,18,29,36H,11-12,14-17,19H2. The highest BCUT2D eigenvalue weighted by atomic mass is 16.3. The van der Waals surface area contributed by atoms with Gasteiger partial charge in [0.2, 0.25) is 0 Å². The Morgan fingerprint density at radius 1 is 1.03 bits per heavy atom. The fourth-order valence-corrected chi connectivity index (χ4v) is 5.12.